The number of amides is 3. The number of ether oxygens (including phenoxy) is 1. The molecule has 4 aliphatic heterocycles. The van der Waals surface area contributed by atoms with E-state index in [1.54, 1.807) is 18.7 Å². The lowest BCUT2D eigenvalue weighted by molar-refractivity contribution is -0.322. The van der Waals surface area contributed by atoms with E-state index in [4.69, 9.17) is 4.74 Å². The van der Waals surface area contributed by atoms with Crippen LogP contribution in [0.5, 0.6) is 0 Å². The molecule has 7 rings (SSSR count). The first-order chi connectivity index (χ1) is 20.4. The normalized spacial score (nSPS) is 33.7. The van der Waals surface area contributed by atoms with Crippen LogP contribution in [0.3, 0.4) is 0 Å². The number of H-pyrrole nitrogens is 1. The predicted molar refractivity (Wildman–Crippen MR) is 164 cm³/mol. The fourth-order valence-electron chi connectivity index (χ4n) is 8.22. The molecule has 5 aliphatic rings. The number of piperazine rings is 1. The maximum absolute atomic E-state index is 14.4. The summed E-state index contributed by atoms with van der Waals surface area (Å²) >= 11 is 3.70. The van der Waals surface area contributed by atoms with Gasteiger partial charge in [0.2, 0.25) is 11.6 Å². The predicted octanol–water partition coefficient (Wildman–Crippen LogP) is 3.20. The van der Waals surface area contributed by atoms with E-state index in [2.05, 4.69) is 43.3 Å². The summed E-state index contributed by atoms with van der Waals surface area (Å²) in [5.74, 6) is -3.56. The van der Waals surface area contributed by atoms with Gasteiger partial charge in [-0.2, -0.15) is 0 Å². The molecule has 11 heteroatoms. The van der Waals surface area contributed by atoms with Gasteiger partial charge in [0.25, 0.3) is 17.7 Å². The number of nitrogens with one attached hydrogen (secondary N) is 2. The average Bonchev–Trinajstić information content (AvgIpc) is 3.63. The van der Waals surface area contributed by atoms with Crippen LogP contribution < -0.4 is 5.32 Å². The summed E-state index contributed by atoms with van der Waals surface area (Å²) in [6, 6.07) is 4.86. The Hall–Kier alpha value is -2.73. The van der Waals surface area contributed by atoms with E-state index in [0.717, 1.165) is 22.1 Å². The molecule has 1 aromatic heterocycles. The van der Waals surface area contributed by atoms with Crippen LogP contribution in [0, 0.1) is 11.8 Å². The van der Waals surface area contributed by atoms with Crippen LogP contribution in [-0.4, -0.2) is 92.4 Å². The molecule has 10 nitrogen and oxygen atoms in total. The maximum Gasteiger partial charge on any atom is 0.281 e. The summed E-state index contributed by atoms with van der Waals surface area (Å²) in [6.45, 7) is 8.50. The molecule has 0 spiro atoms. The SMILES string of the molecule is CC(C)C[C@H]1C(=O)N2CCC[C@@H]2[C@]2(O)O[C@](NC(=O)C3=CC4c5cccc6[nH]c(Br)c(c56)C[C@H]4N(C)C3)(C(C)C)C(=O)N12. The molecule has 43 heavy (non-hydrogen) atoms. The van der Waals surface area contributed by atoms with Crippen LogP contribution in [0.15, 0.2) is 34.5 Å². The van der Waals surface area contributed by atoms with E-state index in [1.807, 2.05) is 33.0 Å². The number of rotatable bonds is 5. The second-order valence-corrected chi connectivity index (χ2v) is 14.5. The minimum absolute atomic E-state index is 0.01000. The number of benzene rings is 1. The summed E-state index contributed by atoms with van der Waals surface area (Å²) in [7, 11) is 2.03. The number of nitrogens with zero attached hydrogens (tertiary/aromatic N) is 3. The van der Waals surface area contributed by atoms with E-state index in [-0.39, 0.29) is 23.8 Å². The molecule has 3 saturated heterocycles. The van der Waals surface area contributed by atoms with E-state index in [0.29, 0.717) is 37.9 Å². The molecule has 6 atom stereocenters. The van der Waals surface area contributed by atoms with Crippen LogP contribution in [-0.2, 0) is 25.5 Å². The summed E-state index contributed by atoms with van der Waals surface area (Å²) in [5, 5.41) is 16.3. The number of carbonyl (C=O) groups is 3. The highest BCUT2D eigenvalue weighted by molar-refractivity contribution is 9.10. The molecule has 5 heterocycles. The molecule has 3 amide bonds. The Balaban J connectivity index is 1.25. The van der Waals surface area contributed by atoms with Crippen LogP contribution >= 0.6 is 15.9 Å². The van der Waals surface area contributed by atoms with Gasteiger partial charge >= 0.3 is 0 Å². The van der Waals surface area contributed by atoms with Gasteiger partial charge in [-0.3, -0.25) is 28.9 Å². The Kier molecular flexibility index (Phi) is 6.67. The molecule has 3 N–H and O–H groups in total. The highest BCUT2D eigenvalue weighted by Crippen LogP contribution is 2.49. The van der Waals surface area contributed by atoms with Gasteiger partial charge < -0.3 is 20.3 Å². The Labute approximate surface area is 259 Å². The van der Waals surface area contributed by atoms with Gasteiger partial charge in [-0.05, 0) is 71.8 Å². The Morgan fingerprint density at radius 1 is 1.26 bits per heavy atom. The number of halogens is 1. The molecular weight excluding hydrogens is 614 g/mol. The first-order valence-corrected chi connectivity index (χ1v) is 16.3. The smallest absolute Gasteiger partial charge is 0.281 e. The Bertz CT molecular complexity index is 1570. The first-order valence-electron chi connectivity index (χ1n) is 15.5. The molecule has 3 fully saturated rings. The minimum atomic E-state index is -2.02. The van der Waals surface area contributed by atoms with Gasteiger partial charge in [-0.25, -0.2) is 0 Å². The van der Waals surface area contributed by atoms with E-state index in [9.17, 15) is 19.5 Å². The quantitative estimate of drug-likeness (QED) is 0.456. The molecular formula is C32H40BrN5O5. The van der Waals surface area contributed by atoms with Crippen molar-refractivity contribution in [2.45, 2.75) is 89.1 Å². The number of aliphatic hydroxyl groups is 1. The van der Waals surface area contributed by atoms with Crippen LogP contribution in [0.1, 0.15) is 64.0 Å². The van der Waals surface area contributed by atoms with Crippen molar-refractivity contribution in [3.63, 3.8) is 0 Å². The highest BCUT2D eigenvalue weighted by atomic mass is 79.9. The van der Waals surface area contributed by atoms with E-state index >= 15 is 0 Å². The van der Waals surface area contributed by atoms with E-state index in [1.165, 1.54) is 15.8 Å². The van der Waals surface area contributed by atoms with Gasteiger partial charge in [-0.15, -0.1) is 0 Å². The fourth-order valence-corrected chi connectivity index (χ4v) is 8.80. The summed E-state index contributed by atoms with van der Waals surface area (Å²) < 4.78 is 7.43. The maximum atomic E-state index is 14.4. The number of likely N-dealkylation sites (N-methyl/N-ethyl adjacent to an activating group) is 1. The van der Waals surface area contributed by atoms with Gasteiger partial charge in [-0.1, -0.05) is 45.9 Å². The van der Waals surface area contributed by atoms with E-state index < -0.39 is 41.5 Å². The van der Waals surface area contributed by atoms with Crippen molar-refractivity contribution in [2.24, 2.45) is 11.8 Å². The molecule has 2 aromatic rings. The topological polar surface area (TPSA) is 118 Å². The molecule has 0 saturated carbocycles. The second kappa shape index (κ2) is 9.89. The standard InChI is InChI=1S/C32H40BrN5O5/c1-16(2)12-24-29(40)37-11-7-10-25(37)32(42)38(24)30(41)31(43-32,17(3)4)35-28(39)18-13-20-19-8-6-9-22-26(19)21(27(33)34-22)14-23(20)36(5)15-18/h6,8-9,13,16-17,20,23-25,34,42H,7,10-12,14-15H2,1-5H3,(H,35,39)/t20?,23-,24+,25-,31-,32+/m1/s1. The third-order valence-corrected chi connectivity index (χ3v) is 11.0. The molecule has 0 radical (unpaired) electrons. The summed E-state index contributed by atoms with van der Waals surface area (Å²) in [5.41, 5.74) is 2.20. The average molecular weight is 655 g/mol. The van der Waals surface area contributed by atoms with Crippen LogP contribution in [0.2, 0.25) is 0 Å². The third-order valence-electron chi connectivity index (χ3n) is 10.3. The van der Waals surface area contributed by atoms with Gasteiger partial charge in [0.15, 0.2) is 0 Å². The second-order valence-electron chi connectivity index (χ2n) is 13.7. The monoisotopic (exact) mass is 653 g/mol. The zero-order valence-corrected chi connectivity index (χ0v) is 26.9. The first kappa shape index (κ1) is 29.0. The van der Waals surface area contributed by atoms with Gasteiger partial charge in [0.05, 0.1) is 4.60 Å². The third kappa shape index (κ3) is 4.04. The van der Waals surface area contributed by atoms with Crippen molar-refractivity contribution < 1.29 is 24.2 Å². The number of hydrogen-bond donors (Lipinski definition) is 3. The molecule has 230 valence electrons. The van der Waals surface area contributed by atoms with Crippen molar-refractivity contribution in [1.29, 1.82) is 0 Å². The molecule has 1 aromatic carbocycles. The minimum Gasteiger partial charge on any atom is -0.349 e. The fraction of sp³-hybridized carbons (Fsp3) is 0.594. The number of fused-ring (bicyclic) bond motifs is 5. The zero-order valence-electron chi connectivity index (χ0n) is 25.3. The van der Waals surface area contributed by atoms with Crippen molar-refractivity contribution in [2.75, 3.05) is 20.1 Å². The molecule has 0 bridgehead atoms. The van der Waals surface area contributed by atoms with Crippen molar-refractivity contribution in [3.8, 4) is 0 Å². The van der Waals surface area contributed by atoms with Gasteiger partial charge in [0.1, 0.15) is 12.1 Å². The lowest BCUT2D eigenvalue weighted by atomic mass is 9.76. The number of aromatic amines is 1. The van der Waals surface area contributed by atoms with Gasteiger partial charge in [0, 0.05) is 47.4 Å². The van der Waals surface area contributed by atoms with Crippen LogP contribution in [0.25, 0.3) is 10.9 Å². The lowest BCUT2D eigenvalue weighted by Gasteiger charge is -2.49. The van der Waals surface area contributed by atoms with Crippen LogP contribution in [0.4, 0.5) is 0 Å². The number of carbonyl (C=O) groups excluding carboxylic acids is 3. The van der Waals surface area contributed by atoms with Crippen molar-refractivity contribution in [3.05, 3.63) is 45.6 Å². The molecule has 1 unspecified atom stereocenters. The highest BCUT2D eigenvalue weighted by Gasteiger charge is 2.71. The lowest BCUT2D eigenvalue weighted by Crippen LogP contribution is -2.71. The molecule has 1 aliphatic carbocycles. The Morgan fingerprint density at radius 3 is 2.74 bits per heavy atom. The largest absolute Gasteiger partial charge is 0.349 e. The number of hydrogen-bond acceptors (Lipinski definition) is 6. The van der Waals surface area contributed by atoms with Crippen molar-refractivity contribution >= 4 is 44.6 Å². The number of aromatic nitrogens is 1. The summed E-state index contributed by atoms with van der Waals surface area (Å²) in [6.07, 6.45) is 4.51. The van der Waals surface area contributed by atoms with Crippen molar-refractivity contribution in [1.82, 2.24) is 25.0 Å². The zero-order chi connectivity index (χ0) is 30.6. The Morgan fingerprint density at radius 2 is 2.02 bits per heavy atom. The summed E-state index contributed by atoms with van der Waals surface area (Å²) in [4.78, 5) is 50.8.